The van der Waals surface area contributed by atoms with Crippen molar-refractivity contribution in [3.05, 3.63) is 39.7 Å². The zero-order valence-electron chi connectivity index (χ0n) is 12.2. The van der Waals surface area contributed by atoms with Gasteiger partial charge in [0.1, 0.15) is 16.7 Å². The molecule has 1 fully saturated rings. The van der Waals surface area contributed by atoms with Crippen LogP contribution in [0.4, 0.5) is 11.5 Å². The van der Waals surface area contributed by atoms with Gasteiger partial charge >= 0.3 is 0 Å². The monoisotopic (exact) mass is 436 g/mol. The van der Waals surface area contributed by atoms with E-state index in [0.717, 1.165) is 46.5 Å². The number of H-pyrrole nitrogens is 1. The van der Waals surface area contributed by atoms with Crippen molar-refractivity contribution in [1.82, 2.24) is 20.2 Å². The predicted octanol–water partition coefficient (Wildman–Crippen LogP) is 3.20. The fourth-order valence-electron chi connectivity index (χ4n) is 2.87. The van der Waals surface area contributed by atoms with Gasteiger partial charge in [0.2, 0.25) is 0 Å². The summed E-state index contributed by atoms with van der Waals surface area (Å²) in [5, 5.41) is 8.05. The molecule has 3 heterocycles. The van der Waals surface area contributed by atoms with Crippen molar-refractivity contribution in [3.8, 4) is 0 Å². The molecule has 0 unspecified atom stereocenters. The third-order valence-electron chi connectivity index (χ3n) is 4.06. The second-order valence-corrected chi connectivity index (χ2v) is 7.09. The lowest BCUT2D eigenvalue weighted by Gasteiger charge is -2.36. The second kappa shape index (κ2) is 6.09. The van der Waals surface area contributed by atoms with Crippen LogP contribution in [0, 0.1) is 0 Å². The number of fused-ring (bicyclic) bond motifs is 1. The van der Waals surface area contributed by atoms with E-state index >= 15 is 0 Å². The number of aromatic amines is 1. The molecule has 0 aliphatic carbocycles. The minimum atomic E-state index is 0.692. The lowest BCUT2D eigenvalue weighted by atomic mass is 10.2. The van der Waals surface area contributed by atoms with Crippen molar-refractivity contribution in [2.24, 2.45) is 0 Å². The summed E-state index contributed by atoms with van der Waals surface area (Å²) in [6.07, 6.45) is 1.58. The van der Waals surface area contributed by atoms with Gasteiger partial charge in [-0.15, -0.1) is 0 Å². The van der Waals surface area contributed by atoms with Crippen molar-refractivity contribution in [3.63, 3.8) is 0 Å². The summed E-state index contributed by atoms with van der Waals surface area (Å²) in [4.78, 5) is 13.4. The molecule has 6 nitrogen and oxygen atoms in total. The van der Waals surface area contributed by atoms with Crippen LogP contribution < -0.4 is 9.80 Å². The molecular formula is C15H14Br2N6. The van der Waals surface area contributed by atoms with E-state index in [0.29, 0.717) is 5.65 Å². The lowest BCUT2D eigenvalue weighted by Crippen LogP contribution is -2.46. The molecule has 1 aliphatic rings. The minimum absolute atomic E-state index is 0.692. The largest absolute Gasteiger partial charge is 0.368 e. The molecule has 2 aromatic heterocycles. The summed E-state index contributed by atoms with van der Waals surface area (Å²) in [5.74, 6) is 0.936. The first-order valence-corrected chi connectivity index (χ1v) is 8.91. The Bertz CT molecular complexity index is 824. The van der Waals surface area contributed by atoms with Gasteiger partial charge in [-0.2, -0.15) is 5.10 Å². The zero-order valence-corrected chi connectivity index (χ0v) is 15.4. The van der Waals surface area contributed by atoms with Crippen molar-refractivity contribution in [1.29, 1.82) is 0 Å². The van der Waals surface area contributed by atoms with Crippen LogP contribution in [0.3, 0.4) is 0 Å². The second-order valence-electron chi connectivity index (χ2n) is 5.38. The normalized spacial score (nSPS) is 15.4. The van der Waals surface area contributed by atoms with Crippen LogP contribution in [0.1, 0.15) is 0 Å². The average Bonchev–Trinajstić information content (AvgIpc) is 2.97. The molecule has 1 aromatic carbocycles. The molecular weight excluding hydrogens is 424 g/mol. The van der Waals surface area contributed by atoms with Crippen molar-refractivity contribution >= 4 is 54.4 Å². The van der Waals surface area contributed by atoms with E-state index in [1.54, 1.807) is 6.33 Å². The molecule has 23 heavy (non-hydrogen) atoms. The number of nitrogens with one attached hydrogen (secondary N) is 1. The van der Waals surface area contributed by atoms with Gasteiger partial charge in [0.25, 0.3) is 0 Å². The molecule has 8 heteroatoms. The molecule has 3 aromatic rings. The Morgan fingerprint density at radius 1 is 0.913 bits per heavy atom. The fraction of sp³-hybridized carbons (Fsp3) is 0.267. The van der Waals surface area contributed by atoms with Crippen LogP contribution in [0.15, 0.2) is 39.7 Å². The lowest BCUT2D eigenvalue weighted by molar-refractivity contribution is 0.649. The van der Waals surface area contributed by atoms with Crippen LogP contribution in [-0.2, 0) is 0 Å². The van der Waals surface area contributed by atoms with Gasteiger partial charge in [-0.3, -0.25) is 5.10 Å². The molecule has 0 atom stereocenters. The van der Waals surface area contributed by atoms with E-state index in [2.05, 4.69) is 86.1 Å². The highest BCUT2D eigenvalue weighted by Gasteiger charge is 2.22. The Morgan fingerprint density at radius 3 is 2.35 bits per heavy atom. The molecule has 0 spiro atoms. The summed E-state index contributed by atoms with van der Waals surface area (Å²) in [6, 6.07) is 8.46. The molecule has 1 N–H and O–H groups in total. The first kappa shape index (κ1) is 14.9. The number of hydrogen-bond acceptors (Lipinski definition) is 5. The Labute approximate surface area is 150 Å². The molecule has 1 saturated heterocycles. The highest BCUT2D eigenvalue weighted by atomic mass is 79.9. The van der Waals surface area contributed by atoms with Gasteiger partial charge in [0, 0.05) is 36.3 Å². The number of piperazine rings is 1. The van der Waals surface area contributed by atoms with Gasteiger partial charge < -0.3 is 9.80 Å². The van der Waals surface area contributed by atoms with Gasteiger partial charge in [-0.1, -0.05) is 15.9 Å². The summed E-state index contributed by atoms with van der Waals surface area (Å²) in [7, 11) is 0. The van der Waals surface area contributed by atoms with E-state index in [1.165, 1.54) is 5.69 Å². The van der Waals surface area contributed by atoms with Crippen LogP contribution in [0.25, 0.3) is 11.0 Å². The van der Waals surface area contributed by atoms with Crippen molar-refractivity contribution in [2.45, 2.75) is 0 Å². The number of nitrogens with zero attached hydrogens (tertiary/aromatic N) is 5. The topological polar surface area (TPSA) is 60.9 Å². The van der Waals surface area contributed by atoms with Crippen molar-refractivity contribution in [2.75, 3.05) is 36.0 Å². The summed E-state index contributed by atoms with van der Waals surface area (Å²) < 4.78 is 1.94. The molecule has 0 bridgehead atoms. The van der Waals surface area contributed by atoms with Gasteiger partial charge in [0.15, 0.2) is 5.65 Å². The van der Waals surface area contributed by atoms with E-state index in [1.807, 2.05) is 0 Å². The van der Waals surface area contributed by atoms with Crippen LogP contribution in [-0.4, -0.2) is 46.3 Å². The zero-order chi connectivity index (χ0) is 15.8. The quantitative estimate of drug-likeness (QED) is 0.666. The Kier molecular flexibility index (Phi) is 3.94. The average molecular weight is 438 g/mol. The molecule has 0 radical (unpaired) electrons. The van der Waals surface area contributed by atoms with E-state index in [4.69, 9.17) is 0 Å². The van der Waals surface area contributed by atoms with Gasteiger partial charge in [0.05, 0.1) is 5.39 Å². The molecule has 0 amide bonds. The third kappa shape index (κ3) is 2.81. The number of rotatable bonds is 2. The van der Waals surface area contributed by atoms with E-state index in [-0.39, 0.29) is 0 Å². The molecule has 118 valence electrons. The first-order chi connectivity index (χ1) is 11.2. The third-order valence-corrected chi connectivity index (χ3v) is 5.16. The Morgan fingerprint density at radius 2 is 1.61 bits per heavy atom. The smallest absolute Gasteiger partial charge is 0.187 e. The van der Waals surface area contributed by atoms with E-state index < -0.39 is 0 Å². The maximum atomic E-state index is 4.47. The standard InChI is InChI=1S/C15H14Br2N6/c16-10-1-3-11(4-2-10)22-5-7-23(8-6-22)15-12-13(17)20-21-14(12)18-9-19-15/h1-4,9H,5-8H2,(H,18,19,20,21). The SMILES string of the molecule is Brc1ccc(N2CCN(c3ncnc4n[nH]c(Br)c34)CC2)cc1. The maximum Gasteiger partial charge on any atom is 0.187 e. The Hall–Kier alpha value is -1.67. The summed E-state index contributed by atoms with van der Waals surface area (Å²) in [5.41, 5.74) is 1.95. The number of aromatic nitrogens is 4. The summed E-state index contributed by atoms with van der Waals surface area (Å²) >= 11 is 6.98. The first-order valence-electron chi connectivity index (χ1n) is 7.32. The highest BCUT2D eigenvalue weighted by Crippen LogP contribution is 2.29. The van der Waals surface area contributed by atoms with Crippen LogP contribution in [0.5, 0.6) is 0 Å². The summed E-state index contributed by atoms with van der Waals surface area (Å²) in [6.45, 7) is 3.75. The number of hydrogen-bond donors (Lipinski definition) is 1. The highest BCUT2D eigenvalue weighted by molar-refractivity contribution is 9.10. The Balaban J connectivity index is 1.55. The molecule has 0 saturated carbocycles. The predicted molar refractivity (Wildman–Crippen MR) is 98.0 cm³/mol. The van der Waals surface area contributed by atoms with E-state index in [9.17, 15) is 0 Å². The van der Waals surface area contributed by atoms with Crippen LogP contribution >= 0.6 is 31.9 Å². The number of anilines is 2. The number of halogens is 2. The van der Waals surface area contributed by atoms with Crippen molar-refractivity contribution < 1.29 is 0 Å². The molecule has 1 aliphatic heterocycles. The molecule has 4 rings (SSSR count). The number of benzene rings is 1. The maximum absolute atomic E-state index is 4.47. The minimum Gasteiger partial charge on any atom is -0.368 e. The van der Waals surface area contributed by atoms with Crippen LogP contribution in [0.2, 0.25) is 0 Å². The van der Waals surface area contributed by atoms with Gasteiger partial charge in [-0.05, 0) is 40.2 Å². The van der Waals surface area contributed by atoms with Gasteiger partial charge in [-0.25, -0.2) is 9.97 Å². The fourth-order valence-corrected chi connectivity index (χ4v) is 3.58.